The summed E-state index contributed by atoms with van der Waals surface area (Å²) < 4.78 is 0. The van der Waals surface area contributed by atoms with Crippen LogP contribution in [0, 0.1) is 0 Å². The molecule has 1 aromatic rings. The van der Waals surface area contributed by atoms with Gasteiger partial charge >= 0.3 is 0 Å². The first kappa shape index (κ1) is 48.0. The molecule has 1 aromatic carbocycles. The van der Waals surface area contributed by atoms with Gasteiger partial charge in [-0.3, -0.25) is 9.59 Å². The number of nitrogens with two attached hydrogens (primary N) is 2. The molecule has 0 aliphatic rings. The fourth-order valence-electron chi connectivity index (χ4n) is 5.93. The monoisotopic (exact) mass is 671 g/mol. The van der Waals surface area contributed by atoms with Crippen LogP contribution >= 0.6 is 0 Å². The minimum Gasteiger partial charge on any atom is -0.370 e. The zero-order valence-electron chi connectivity index (χ0n) is 32.3. The molecule has 4 nitrogen and oxygen atoms in total. The molecule has 4 heteroatoms. The molecule has 0 aromatic heterocycles. The van der Waals surface area contributed by atoms with Gasteiger partial charge in [-0.1, -0.05) is 237 Å². The Hall–Kier alpha value is -2.10. The van der Waals surface area contributed by atoms with Crippen molar-refractivity contribution in [3.63, 3.8) is 0 Å². The Labute approximate surface area is 300 Å². The first-order valence-corrected chi connectivity index (χ1v) is 20.7. The highest BCUT2D eigenvalue weighted by atomic mass is 16.1. The Morgan fingerprint density at radius 2 is 0.667 bits per heavy atom. The SMILES string of the molecule is C=Cc1ccccc1.CCCCCCCCCCCCCCCCCC(N)=O.CCCCCCCCCCCCCCCCCC(N)=O. The molecular formula is C44H82N2O2. The lowest BCUT2D eigenvalue weighted by Crippen LogP contribution is -2.09. The third-order valence-corrected chi connectivity index (χ3v) is 9.09. The van der Waals surface area contributed by atoms with Crippen molar-refractivity contribution >= 4 is 17.9 Å². The second kappa shape index (κ2) is 42.9. The number of primary amides is 2. The number of hydrogen-bond acceptors (Lipinski definition) is 2. The highest BCUT2D eigenvalue weighted by Gasteiger charge is 1.97. The maximum Gasteiger partial charge on any atom is 0.217 e. The van der Waals surface area contributed by atoms with Gasteiger partial charge in [-0.2, -0.15) is 0 Å². The summed E-state index contributed by atoms with van der Waals surface area (Å²) in [6.07, 6.45) is 43.6. The molecule has 0 bridgehead atoms. The molecule has 280 valence electrons. The molecule has 0 aliphatic carbocycles. The maximum atomic E-state index is 10.6. The minimum atomic E-state index is -0.153. The molecule has 48 heavy (non-hydrogen) atoms. The number of carbonyl (C=O) groups excluding carboxylic acids is 2. The Balaban J connectivity index is 0. The molecule has 0 heterocycles. The van der Waals surface area contributed by atoms with Crippen molar-refractivity contribution in [1.29, 1.82) is 0 Å². The fourth-order valence-corrected chi connectivity index (χ4v) is 5.93. The molecule has 1 rings (SSSR count). The van der Waals surface area contributed by atoms with E-state index in [9.17, 15) is 9.59 Å². The number of amides is 2. The van der Waals surface area contributed by atoms with E-state index < -0.39 is 0 Å². The molecule has 0 aliphatic heterocycles. The molecule has 0 radical (unpaired) electrons. The van der Waals surface area contributed by atoms with E-state index in [1.165, 1.54) is 185 Å². The number of hydrogen-bond donors (Lipinski definition) is 2. The predicted octanol–water partition coefficient (Wildman–Crippen LogP) is 13.8. The van der Waals surface area contributed by atoms with Gasteiger partial charge in [-0.05, 0) is 18.4 Å². The Morgan fingerprint density at radius 1 is 0.438 bits per heavy atom. The first-order valence-electron chi connectivity index (χ1n) is 20.7. The van der Waals surface area contributed by atoms with Crippen LogP contribution in [0.5, 0.6) is 0 Å². The Kier molecular flexibility index (Phi) is 42.9. The van der Waals surface area contributed by atoms with Gasteiger partial charge in [-0.15, -0.1) is 0 Å². The third-order valence-electron chi connectivity index (χ3n) is 9.09. The summed E-state index contributed by atoms with van der Waals surface area (Å²) in [4.78, 5) is 21.1. The van der Waals surface area contributed by atoms with Crippen LogP contribution in [0.15, 0.2) is 36.9 Å². The standard InChI is InChI=1S/2C18H37NO.C8H8/c2*1-2-3-4-5-6-7-8-9-10-11-12-13-14-15-16-17-18(19)20;1-2-8-6-4-3-5-7-8/h2*2-17H2,1H3,(H2,19,20);2-7H,1H2. The summed E-state index contributed by atoms with van der Waals surface area (Å²) in [6.45, 7) is 8.18. The minimum absolute atomic E-state index is 0.153. The summed E-state index contributed by atoms with van der Waals surface area (Å²) in [5.74, 6) is -0.306. The van der Waals surface area contributed by atoms with Gasteiger partial charge < -0.3 is 11.5 Å². The molecular weight excluding hydrogens is 588 g/mol. The largest absolute Gasteiger partial charge is 0.370 e. The van der Waals surface area contributed by atoms with E-state index in [0.29, 0.717) is 12.8 Å². The van der Waals surface area contributed by atoms with E-state index in [1.54, 1.807) is 0 Å². The average molecular weight is 671 g/mol. The summed E-state index contributed by atoms with van der Waals surface area (Å²) in [5, 5.41) is 0. The number of benzene rings is 1. The van der Waals surface area contributed by atoms with Crippen molar-refractivity contribution in [1.82, 2.24) is 0 Å². The highest BCUT2D eigenvalue weighted by molar-refractivity contribution is 5.73. The highest BCUT2D eigenvalue weighted by Crippen LogP contribution is 2.15. The van der Waals surface area contributed by atoms with Crippen LogP contribution < -0.4 is 11.5 Å². The molecule has 4 N–H and O–H groups in total. The topological polar surface area (TPSA) is 86.2 Å². The molecule has 2 amide bonds. The van der Waals surface area contributed by atoms with Crippen LogP contribution in [0.1, 0.15) is 225 Å². The normalized spacial score (nSPS) is 10.5. The second-order valence-corrected chi connectivity index (χ2v) is 13.9. The van der Waals surface area contributed by atoms with E-state index in [0.717, 1.165) is 12.8 Å². The van der Waals surface area contributed by atoms with E-state index in [1.807, 2.05) is 36.4 Å². The predicted molar refractivity (Wildman–Crippen MR) is 214 cm³/mol. The summed E-state index contributed by atoms with van der Waals surface area (Å²) in [5.41, 5.74) is 11.4. The van der Waals surface area contributed by atoms with Gasteiger partial charge in [0, 0.05) is 12.8 Å². The van der Waals surface area contributed by atoms with Crippen molar-refractivity contribution in [2.75, 3.05) is 0 Å². The van der Waals surface area contributed by atoms with E-state index in [-0.39, 0.29) is 11.8 Å². The lowest BCUT2D eigenvalue weighted by Gasteiger charge is -2.03. The van der Waals surface area contributed by atoms with Gasteiger partial charge in [-0.25, -0.2) is 0 Å². The fraction of sp³-hybridized carbons (Fsp3) is 0.773. The van der Waals surface area contributed by atoms with Crippen molar-refractivity contribution in [2.45, 2.75) is 219 Å². The van der Waals surface area contributed by atoms with Crippen molar-refractivity contribution in [3.8, 4) is 0 Å². The van der Waals surface area contributed by atoms with E-state index in [4.69, 9.17) is 11.5 Å². The van der Waals surface area contributed by atoms with Crippen LogP contribution in [0.4, 0.5) is 0 Å². The lowest BCUT2D eigenvalue weighted by atomic mass is 10.0. The van der Waals surface area contributed by atoms with Crippen LogP contribution in [-0.4, -0.2) is 11.8 Å². The Bertz CT molecular complexity index is 735. The van der Waals surface area contributed by atoms with Gasteiger partial charge in [0.15, 0.2) is 0 Å². The van der Waals surface area contributed by atoms with Crippen molar-refractivity contribution in [3.05, 3.63) is 42.5 Å². The number of unbranched alkanes of at least 4 members (excludes halogenated alkanes) is 28. The quantitative estimate of drug-likeness (QED) is 0.0729. The van der Waals surface area contributed by atoms with Crippen molar-refractivity contribution < 1.29 is 9.59 Å². The Morgan fingerprint density at radius 3 is 0.854 bits per heavy atom. The molecule has 0 saturated carbocycles. The smallest absolute Gasteiger partial charge is 0.217 e. The van der Waals surface area contributed by atoms with Crippen LogP contribution in [0.2, 0.25) is 0 Å². The second-order valence-electron chi connectivity index (χ2n) is 13.9. The summed E-state index contributed by atoms with van der Waals surface area (Å²) >= 11 is 0. The third kappa shape index (κ3) is 46.0. The molecule has 0 unspecified atom stereocenters. The van der Waals surface area contributed by atoms with Gasteiger partial charge in [0.1, 0.15) is 0 Å². The van der Waals surface area contributed by atoms with Crippen molar-refractivity contribution in [2.24, 2.45) is 11.5 Å². The van der Waals surface area contributed by atoms with Crippen LogP contribution in [-0.2, 0) is 9.59 Å². The first-order chi connectivity index (χ1) is 23.5. The van der Waals surface area contributed by atoms with Gasteiger partial charge in [0.2, 0.25) is 11.8 Å². The molecule has 0 fully saturated rings. The van der Waals surface area contributed by atoms with Gasteiger partial charge in [0.05, 0.1) is 0 Å². The van der Waals surface area contributed by atoms with E-state index >= 15 is 0 Å². The van der Waals surface area contributed by atoms with Gasteiger partial charge in [0.25, 0.3) is 0 Å². The lowest BCUT2D eigenvalue weighted by molar-refractivity contribution is -0.119. The maximum absolute atomic E-state index is 10.6. The summed E-state index contributed by atoms with van der Waals surface area (Å²) in [6, 6.07) is 10.0. The molecule has 0 spiro atoms. The molecule has 0 saturated heterocycles. The molecule has 0 atom stereocenters. The zero-order valence-corrected chi connectivity index (χ0v) is 32.3. The zero-order chi connectivity index (χ0) is 35.6. The van der Waals surface area contributed by atoms with Crippen LogP contribution in [0.3, 0.4) is 0 Å². The van der Waals surface area contributed by atoms with E-state index in [2.05, 4.69) is 20.4 Å². The average Bonchev–Trinajstić information content (AvgIpc) is 3.09. The number of rotatable bonds is 33. The summed E-state index contributed by atoms with van der Waals surface area (Å²) in [7, 11) is 0. The number of carbonyl (C=O) groups is 2. The van der Waals surface area contributed by atoms with Crippen LogP contribution in [0.25, 0.3) is 6.08 Å².